The van der Waals surface area contributed by atoms with Gasteiger partial charge in [-0.05, 0) is 31.0 Å². The van der Waals surface area contributed by atoms with Gasteiger partial charge in [0.25, 0.3) is 5.91 Å². The lowest BCUT2D eigenvalue weighted by Crippen LogP contribution is -2.38. The predicted molar refractivity (Wildman–Crippen MR) is 64.1 cm³/mol. The highest BCUT2D eigenvalue weighted by atomic mass is 19.4. The summed E-state index contributed by atoms with van der Waals surface area (Å²) in [5, 5.41) is 2.35. The van der Waals surface area contributed by atoms with Crippen LogP contribution < -0.4 is 5.32 Å². The smallest absolute Gasteiger partial charge is 0.396 e. The molecule has 106 valence electrons. The molecule has 1 aliphatic carbocycles. The molecule has 2 aromatic rings. The van der Waals surface area contributed by atoms with Crippen molar-refractivity contribution in [3.8, 4) is 0 Å². The van der Waals surface area contributed by atoms with Crippen LogP contribution in [0.4, 0.5) is 13.2 Å². The molecule has 1 N–H and O–H groups in total. The van der Waals surface area contributed by atoms with Crippen LogP contribution in [0, 0.1) is 5.41 Å². The molecule has 1 saturated carbocycles. The summed E-state index contributed by atoms with van der Waals surface area (Å²) in [6.07, 6.45) is -2.89. The Bertz CT molecular complexity index is 659. The summed E-state index contributed by atoms with van der Waals surface area (Å²) in [5.74, 6) is -0.537. The second kappa shape index (κ2) is 4.22. The van der Waals surface area contributed by atoms with E-state index in [1.807, 2.05) is 0 Å². The van der Waals surface area contributed by atoms with E-state index in [1.54, 1.807) is 6.07 Å². The van der Waals surface area contributed by atoms with E-state index in [1.165, 1.54) is 18.5 Å². The lowest BCUT2D eigenvalue weighted by Gasteiger charge is -2.19. The number of aromatic nitrogens is 1. The predicted octanol–water partition coefficient (Wildman–Crippen LogP) is 2.90. The molecule has 0 aliphatic heterocycles. The third-order valence-corrected chi connectivity index (χ3v) is 3.63. The van der Waals surface area contributed by atoms with E-state index in [4.69, 9.17) is 4.42 Å². The number of amides is 1. The molecule has 1 amide bonds. The quantitative estimate of drug-likeness (QED) is 0.942. The van der Waals surface area contributed by atoms with Crippen molar-refractivity contribution in [3.63, 3.8) is 0 Å². The third-order valence-electron chi connectivity index (χ3n) is 3.63. The van der Waals surface area contributed by atoms with Crippen LogP contribution in [0.15, 0.2) is 29.0 Å². The number of oxazole rings is 1. The van der Waals surface area contributed by atoms with Gasteiger partial charge in [0.1, 0.15) is 5.52 Å². The van der Waals surface area contributed by atoms with Crippen molar-refractivity contribution in [2.75, 3.05) is 6.54 Å². The average Bonchev–Trinajstić information content (AvgIpc) is 3.06. The minimum absolute atomic E-state index is 0.0686. The average molecular weight is 284 g/mol. The lowest BCUT2D eigenvalue weighted by atomic mass is 10.1. The Morgan fingerprint density at radius 3 is 2.80 bits per heavy atom. The molecule has 0 unspecified atom stereocenters. The zero-order valence-electron chi connectivity index (χ0n) is 10.3. The van der Waals surface area contributed by atoms with Gasteiger partial charge in [-0.2, -0.15) is 13.2 Å². The number of alkyl halides is 3. The summed E-state index contributed by atoms with van der Waals surface area (Å²) in [6.45, 7) is -0.383. The number of fused-ring (bicyclic) bond motifs is 1. The molecule has 1 aromatic carbocycles. The number of carbonyl (C=O) groups is 1. The number of carbonyl (C=O) groups excluding carboxylic acids is 1. The largest absolute Gasteiger partial charge is 0.443 e. The van der Waals surface area contributed by atoms with Crippen molar-refractivity contribution in [3.05, 3.63) is 30.2 Å². The fourth-order valence-electron chi connectivity index (χ4n) is 2.06. The van der Waals surface area contributed by atoms with Gasteiger partial charge in [0.15, 0.2) is 12.0 Å². The zero-order chi connectivity index (χ0) is 14.4. The number of hydrogen-bond donors (Lipinski definition) is 1. The molecule has 1 heterocycles. The van der Waals surface area contributed by atoms with E-state index in [0.717, 1.165) is 0 Å². The maximum absolute atomic E-state index is 12.7. The molecule has 0 spiro atoms. The first kappa shape index (κ1) is 13.0. The van der Waals surface area contributed by atoms with Crippen molar-refractivity contribution in [1.29, 1.82) is 0 Å². The van der Waals surface area contributed by atoms with Gasteiger partial charge in [-0.15, -0.1) is 0 Å². The van der Waals surface area contributed by atoms with E-state index in [0.29, 0.717) is 11.1 Å². The lowest BCUT2D eigenvalue weighted by molar-refractivity contribution is -0.184. The van der Waals surface area contributed by atoms with Gasteiger partial charge in [-0.25, -0.2) is 4.98 Å². The summed E-state index contributed by atoms with van der Waals surface area (Å²) in [4.78, 5) is 15.8. The van der Waals surface area contributed by atoms with Crippen LogP contribution in [-0.4, -0.2) is 23.6 Å². The molecule has 1 aromatic heterocycles. The Labute approximate surface area is 112 Å². The summed E-state index contributed by atoms with van der Waals surface area (Å²) in [7, 11) is 0. The van der Waals surface area contributed by atoms with E-state index in [2.05, 4.69) is 10.3 Å². The second-order valence-electron chi connectivity index (χ2n) is 5.00. The topological polar surface area (TPSA) is 55.1 Å². The number of hydrogen-bond acceptors (Lipinski definition) is 3. The normalized spacial score (nSPS) is 17.1. The molecule has 1 aliphatic rings. The molecule has 3 rings (SSSR count). The number of rotatable bonds is 3. The zero-order valence-corrected chi connectivity index (χ0v) is 10.3. The van der Waals surface area contributed by atoms with Crippen LogP contribution in [0.1, 0.15) is 23.2 Å². The molecular weight excluding hydrogens is 273 g/mol. The van der Waals surface area contributed by atoms with Crippen LogP contribution in [0.5, 0.6) is 0 Å². The molecule has 4 nitrogen and oxygen atoms in total. The van der Waals surface area contributed by atoms with Crippen molar-refractivity contribution >= 4 is 17.0 Å². The second-order valence-corrected chi connectivity index (χ2v) is 5.00. The molecule has 0 radical (unpaired) electrons. The summed E-state index contributed by atoms with van der Waals surface area (Å²) >= 11 is 0. The third kappa shape index (κ3) is 2.13. The van der Waals surface area contributed by atoms with Crippen molar-refractivity contribution in [1.82, 2.24) is 10.3 Å². The van der Waals surface area contributed by atoms with Gasteiger partial charge < -0.3 is 9.73 Å². The van der Waals surface area contributed by atoms with Crippen LogP contribution in [-0.2, 0) is 0 Å². The van der Waals surface area contributed by atoms with Crippen LogP contribution in [0.3, 0.4) is 0 Å². The summed E-state index contributed by atoms with van der Waals surface area (Å²) < 4.78 is 43.3. The highest BCUT2D eigenvalue weighted by Gasteiger charge is 2.63. The van der Waals surface area contributed by atoms with Gasteiger partial charge >= 0.3 is 6.18 Å². The van der Waals surface area contributed by atoms with Gasteiger partial charge in [-0.3, -0.25) is 4.79 Å². The number of nitrogens with one attached hydrogen (secondary N) is 1. The molecule has 1 fully saturated rings. The molecule has 0 saturated heterocycles. The van der Waals surface area contributed by atoms with Crippen LogP contribution >= 0.6 is 0 Å². The minimum Gasteiger partial charge on any atom is -0.443 e. The fourth-order valence-corrected chi connectivity index (χ4v) is 2.06. The number of benzene rings is 1. The first-order valence-electron chi connectivity index (χ1n) is 6.09. The van der Waals surface area contributed by atoms with Gasteiger partial charge in [0, 0.05) is 12.1 Å². The fraction of sp³-hybridized carbons (Fsp3) is 0.385. The summed E-state index contributed by atoms with van der Waals surface area (Å²) in [5.41, 5.74) is -0.449. The molecule has 0 atom stereocenters. The highest BCUT2D eigenvalue weighted by molar-refractivity contribution is 5.97. The van der Waals surface area contributed by atoms with Gasteiger partial charge in [-0.1, -0.05) is 0 Å². The Morgan fingerprint density at radius 2 is 2.15 bits per heavy atom. The van der Waals surface area contributed by atoms with Gasteiger partial charge in [0.2, 0.25) is 0 Å². The van der Waals surface area contributed by atoms with Gasteiger partial charge in [0.05, 0.1) is 5.41 Å². The Morgan fingerprint density at radius 1 is 1.40 bits per heavy atom. The SMILES string of the molecule is O=C(NCC1(C(F)(F)F)CC1)c1ccc2ocnc2c1. The van der Waals surface area contributed by atoms with Crippen LogP contribution in [0.25, 0.3) is 11.1 Å². The minimum atomic E-state index is -4.27. The maximum atomic E-state index is 12.7. The standard InChI is InChI=1S/C13H11F3N2O2/c14-13(15,16)12(3-4-12)6-17-11(19)8-1-2-10-9(5-8)18-7-20-10/h1-2,5,7H,3-4,6H2,(H,17,19). The molecule has 7 heteroatoms. The molecule has 20 heavy (non-hydrogen) atoms. The van der Waals surface area contributed by atoms with E-state index >= 15 is 0 Å². The Hall–Kier alpha value is -2.05. The van der Waals surface area contributed by atoms with Crippen molar-refractivity contribution in [2.45, 2.75) is 19.0 Å². The summed E-state index contributed by atoms with van der Waals surface area (Å²) in [6, 6.07) is 4.55. The monoisotopic (exact) mass is 284 g/mol. The Kier molecular flexibility index (Phi) is 2.74. The first-order valence-corrected chi connectivity index (χ1v) is 6.09. The Balaban J connectivity index is 1.70. The first-order chi connectivity index (χ1) is 9.41. The highest BCUT2D eigenvalue weighted by Crippen LogP contribution is 2.57. The van der Waals surface area contributed by atoms with E-state index < -0.39 is 17.5 Å². The number of nitrogens with zero attached hydrogens (tertiary/aromatic N) is 1. The molecular formula is C13H11F3N2O2. The van der Waals surface area contributed by atoms with E-state index in [-0.39, 0.29) is 24.9 Å². The van der Waals surface area contributed by atoms with Crippen molar-refractivity contribution < 1.29 is 22.4 Å². The molecule has 0 bridgehead atoms. The number of halogens is 3. The van der Waals surface area contributed by atoms with Crippen molar-refractivity contribution in [2.24, 2.45) is 5.41 Å². The maximum Gasteiger partial charge on any atom is 0.396 e. The van der Waals surface area contributed by atoms with Crippen LogP contribution in [0.2, 0.25) is 0 Å². The van der Waals surface area contributed by atoms with E-state index in [9.17, 15) is 18.0 Å².